The van der Waals surface area contributed by atoms with Gasteiger partial charge in [-0.15, -0.1) is 0 Å². The van der Waals surface area contributed by atoms with E-state index in [0.717, 1.165) is 10.7 Å². The zero-order valence-electron chi connectivity index (χ0n) is 10.2. The number of amides is 1. The summed E-state index contributed by atoms with van der Waals surface area (Å²) in [5.74, 6) is -1.52. The van der Waals surface area contributed by atoms with E-state index in [4.69, 9.17) is 5.11 Å². The Balaban J connectivity index is 2.24. The molecule has 8 heteroatoms. The van der Waals surface area contributed by atoms with Crippen LogP contribution < -0.4 is 5.32 Å². The summed E-state index contributed by atoms with van der Waals surface area (Å²) in [5.41, 5.74) is 0.714. The highest BCUT2D eigenvalue weighted by Crippen LogP contribution is 2.34. The Morgan fingerprint density at radius 1 is 1.10 bits per heavy atom. The van der Waals surface area contributed by atoms with Crippen molar-refractivity contribution in [3.05, 3.63) is 55.1 Å². The van der Waals surface area contributed by atoms with Gasteiger partial charge in [0, 0.05) is 19.6 Å². The summed E-state index contributed by atoms with van der Waals surface area (Å²) in [6.45, 7) is 0. The van der Waals surface area contributed by atoms with E-state index in [1.165, 1.54) is 12.1 Å². The molecule has 2 rings (SSSR count). The number of nitrogens with one attached hydrogen (secondary N) is 1. The van der Waals surface area contributed by atoms with Crippen LogP contribution in [0.25, 0.3) is 0 Å². The summed E-state index contributed by atoms with van der Waals surface area (Å²) in [6, 6.07) is 6.28. The maximum atomic E-state index is 12.1. The minimum absolute atomic E-state index is 0.0255. The molecule has 1 aromatic carbocycles. The standard InChI is InChI=1S/C13H7Br3N2O3/c14-7-3-8(15)11(9(16)4-7)18-12(19)10-2-1-6(5-17-10)13(20)21/h1-5H,(H,18,19)(H,20,21). The van der Waals surface area contributed by atoms with Gasteiger partial charge in [0.2, 0.25) is 0 Å². The molecule has 1 amide bonds. The molecule has 2 N–H and O–H groups in total. The Morgan fingerprint density at radius 2 is 1.71 bits per heavy atom. The second-order valence-electron chi connectivity index (χ2n) is 3.94. The van der Waals surface area contributed by atoms with E-state index in [2.05, 4.69) is 58.1 Å². The quantitative estimate of drug-likeness (QED) is 0.688. The van der Waals surface area contributed by atoms with E-state index in [-0.39, 0.29) is 11.3 Å². The molecule has 0 aliphatic rings. The minimum Gasteiger partial charge on any atom is -0.478 e. The van der Waals surface area contributed by atoms with Crippen LogP contribution >= 0.6 is 47.8 Å². The van der Waals surface area contributed by atoms with Crippen molar-refractivity contribution < 1.29 is 14.7 Å². The van der Waals surface area contributed by atoms with Crippen LogP contribution in [0.3, 0.4) is 0 Å². The van der Waals surface area contributed by atoms with Crippen LogP contribution in [0.15, 0.2) is 43.9 Å². The first kappa shape index (κ1) is 16.1. The van der Waals surface area contributed by atoms with Crippen molar-refractivity contribution >= 4 is 65.4 Å². The lowest BCUT2D eigenvalue weighted by atomic mass is 10.2. The molecule has 0 aliphatic carbocycles. The predicted molar refractivity (Wildman–Crippen MR) is 88.7 cm³/mol. The number of rotatable bonds is 3. The molecule has 0 atom stereocenters. The molecule has 0 saturated heterocycles. The molecule has 0 radical (unpaired) electrons. The normalized spacial score (nSPS) is 10.2. The molecule has 2 aromatic rings. The number of aromatic nitrogens is 1. The van der Waals surface area contributed by atoms with Gasteiger partial charge in [0.15, 0.2) is 0 Å². The van der Waals surface area contributed by atoms with Crippen molar-refractivity contribution in [2.24, 2.45) is 0 Å². The molecular formula is C13H7Br3N2O3. The molecule has 0 spiro atoms. The largest absolute Gasteiger partial charge is 0.478 e. The van der Waals surface area contributed by atoms with Gasteiger partial charge in [-0.3, -0.25) is 9.78 Å². The van der Waals surface area contributed by atoms with Gasteiger partial charge >= 0.3 is 5.97 Å². The lowest BCUT2D eigenvalue weighted by Gasteiger charge is -2.10. The third-order valence-electron chi connectivity index (χ3n) is 2.49. The van der Waals surface area contributed by atoms with Crippen molar-refractivity contribution in [3.63, 3.8) is 0 Å². The Labute approximate surface area is 145 Å². The first-order valence-corrected chi connectivity index (χ1v) is 7.91. The Kier molecular flexibility index (Phi) is 5.13. The van der Waals surface area contributed by atoms with Gasteiger partial charge in [-0.1, -0.05) is 15.9 Å². The summed E-state index contributed by atoms with van der Waals surface area (Å²) in [7, 11) is 0. The highest BCUT2D eigenvalue weighted by atomic mass is 79.9. The fraction of sp³-hybridized carbons (Fsp3) is 0. The SMILES string of the molecule is O=C(O)c1ccc(C(=O)Nc2c(Br)cc(Br)cc2Br)nc1. The Bertz CT molecular complexity index is 694. The Morgan fingerprint density at radius 3 is 2.19 bits per heavy atom. The van der Waals surface area contributed by atoms with Crippen LogP contribution in [0, 0.1) is 0 Å². The van der Waals surface area contributed by atoms with Gasteiger partial charge in [0.1, 0.15) is 5.69 Å². The van der Waals surface area contributed by atoms with Gasteiger partial charge in [0.05, 0.1) is 11.3 Å². The van der Waals surface area contributed by atoms with Crippen molar-refractivity contribution in [1.82, 2.24) is 4.98 Å². The topological polar surface area (TPSA) is 79.3 Å². The molecule has 108 valence electrons. The fourth-order valence-corrected chi connectivity index (χ4v) is 3.95. The fourth-order valence-electron chi connectivity index (χ4n) is 1.49. The average Bonchev–Trinajstić information content (AvgIpc) is 2.42. The van der Waals surface area contributed by atoms with Gasteiger partial charge in [0.25, 0.3) is 5.91 Å². The second kappa shape index (κ2) is 6.67. The number of carboxylic acids is 1. The number of carboxylic acid groups (broad SMARTS) is 1. The molecule has 0 unspecified atom stereocenters. The zero-order chi connectivity index (χ0) is 15.6. The van der Waals surface area contributed by atoms with Crippen LogP contribution in [0.2, 0.25) is 0 Å². The molecular weight excluding hydrogens is 472 g/mol. The molecule has 0 saturated carbocycles. The van der Waals surface area contributed by atoms with Crippen LogP contribution in [0.4, 0.5) is 5.69 Å². The highest BCUT2D eigenvalue weighted by Gasteiger charge is 2.14. The van der Waals surface area contributed by atoms with Crippen LogP contribution in [0.1, 0.15) is 20.8 Å². The van der Waals surface area contributed by atoms with E-state index in [0.29, 0.717) is 14.6 Å². The minimum atomic E-state index is -1.09. The van der Waals surface area contributed by atoms with Gasteiger partial charge in [-0.25, -0.2) is 4.79 Å². The number of carbonyl (C=O) groups is 2. The summed E-state index contributed by atoms with van der Waals surface area (Å²) >= 11 is 10.1. The number of aromatic carboxylic acids is 1. The first-order valence-electron chi connectivity index (χ1n) is 5.53. The van der Waals surface area contributed by atoms with Crippen molar-refractivity contribution in [2.75, 3.05) is 5.32 Å². The molecule has 1 aromatic heterocycles. The number of carbonyl (C=O) groups excluding carboxylic acids is 1. The third kappa shape index (κ3) is 3.90. The third-order valence-corrected chi connectivity index (χ3v) is 4.20. The molecule has 1 heterocycles. The molecule has 0 aliphatic heterocycles. The van der Waals surface area contributed by atoms with Crippen LogP contribution in [-0.4, -0.2) is 22.0 Å². The van der Waals surface area contributed by atoms with E-state index in [1.807, 2.05) is 0 Å². The molecule has 0 bridgehead atoms. The number of hydrogen-bond acceptors (Lipinski definition) is 3. The summed E-state index contributed by atoms with van der Waals surface area (Å²) in [5, 5.41) is 11.5. The average molecular weight is 479 g/mol. The number of benzene rings is 1. The van der Waals surface area contributed by atoms with Gasteiger partial charge in [-0.2, -0.15) is 0 Å². The maximum absolute atomic E-state index is 12.1. The van der Waals surface area contributed by atoms with E-state index < -0.39 is 11.9 Å². The highest BCUT2D eigenvalue weighted by molar-refractivity contribution is 9.11. The predicted octanol–water partition coefficient (Wildman–Crippen LogP) is 4.32. The lowest BCUT2D eigenvalue weighted by molar-refractivity contribution is 0.0696. The van der Waals surface area contributed by atoms with E-state index in [9.17, 15) is 9.59 Å². The van der Waals surface area contributed by atoms with Gasteiger partial charge < -0.3 is 10.4 Å². The maximum Gasteiger partial charge on any atom is 0.337 e. The number of halogens is 3. The van der Waals surface area contributed by atoms with Gasteiger partial charge in [-0.05, 0) is 56.1 Å². The Hall–Kier alpha value is -1.25. The number of pyridine rings is 1. The van der Waals surface area contributed by atoms with Crippen molar-refractivity contribution in [1.29, 1.82) is 0 Å². The molecule has 21 heavy (non-hydrogen) atoms. The number of anilines is 1. The monoisotopic (exact) mass is 476 g/mol. The first-order chi connectivity index (χ1) is 9.88. The zero-order valence-corrected chi connectivity index (χ0v) is 15.0. The number of nitrogens with zero attached hydrogens (tertiary/aromatic N) is 1. The summed E-state index contributed by atoms with van der Waals surface area (Å²) < 4.78 is 2.24. The van der Waals surface area contributed by atoms with E-state index in [1.54, 1.807) is 12.1 Å². The van der Waals surface area contributed by atoms with Crippen LogP contribution in [-0.2, 0) is 0 Å². The second-order valence-corrected chi connectivity index (χ2v) is 6.56. The lowest BCUT2D eigenvalue weighted by Crippen LogP contribution is -2.15. The summed E-state index contributed by atoms with van der Waals surface area (Å²) in [4.78, 5) is 26.7. The number of hydrogen-bond donors (Lipinski definition) is 2. The summed E-state index contributed by atoms with van der Waals surface area (Å²) in [6.07, 6.45) is 1.14. The van der Waals surface area contributed by atoms with E-state index >= 15 is 0 Å². The van der Waals surface area contributed by atoms with Crippen molar-refractivity contribution in [3.8, 4) is 0 Å². The molecule has 0 fully saturated rings. The molecule has 5 nitrogen and oxygen atoms in total. The smallest absolute Gasteiger partial charge is 0.337 e. The van der Waals surface area contributed by atoms with Crippen LogP contribution in [0.5, 0.6) is 0 Å². The van der Waals surface area contributed by atoms with Crippen molar-refractivity contribution in [2.45, 2.75) is 0 Å².